The van der Waals surface area contributed by atoms with Crippen LogP contribution in [0, 0.1) is 0 Å². The van der Waals surface area contributed by atoms with Crippen LogP contribution < -0.4 is 5.32 Å². The number of hydrogen-bond donors (Lipinski definition) is 1. The third-order valence-corrected chi connectivity index (χ3v) is 4.16. The molecule has 0 saturated carbocycles. The Morgan fingerprint density at radius 2 is 1.70 bits per heavy atom. The molecule has 0 aliphatic carbocycles. The standard InChI is InChI=1S/C16H23NO5S/c1-4-14(5-2)17-15(18)10-22-16(19)13-8-6-12(7-9-13)11-23(3,20)21/h6-9,14H,4-5,10-11H2,1-3H3,(H,17,18). The second-order valence-electron chi connectivity index (χ2n) is 5.42. The summed E-state index contributed by atoms with van der Waals surface area (Å²) in [6, 6.07) is 6.17. The lowest BCUT2D eigenvalue weighted by Gasteiger charge is -2.14. The van der Waals surface area contributed by atoms with Crippen LogP contribution in [0.4, 0.5) is 0 Å². The highest BCUT2D eigenvalue weighted by molar-refractivity contribution is 7.89. The number of ether oxygens (including phenoxy) is 1. The van der Waals surface area contributed by atoms with Crippen LogP contribution >= 0.6 is 0 Å². The summed E-state index contributed by atoms with van der Waals surface area (Å²) in [6.45, 7) is 3.61. The highest BCUT2D eigenvalue weighted by Crippen LogP contribution is 2.09. The molecule has 1 amide bonds. The van der Waals surface area contributed by atoms with Crippen molar-refractivity contribution < 1.29 is 22.7 Å². The van der Waals surface area contributed by atoms with Crippen molar-refractivity contribution in [2.75, 3.05) is 12.9 Å². The summed E-state index contributed by atoms with van der Waals surface area (Å²) in [7, 11) is -3.12. The largest absolute Gasteiger partial charge is 0.452 e. The third kappa shape index (κ3) is 7.27. The van der Waals surface area contributed by atoms with Gasteiger partial charge in [-0.2, -0.15) is 0 Å². The topological polar surface area (TPSA) is 89.5 Å². The Morgan fingerprint density at radius 3 is 2.17 bits per heavy atom. The minimum Gasteiger partial charge on any atom is -0.452 e. The number of benzene rings is 1. The quantitative estimate of drug-likeness (QED) is 0.727. The van der Waals surface area contributed by atoms with Crippen LogP contribution in [-0.4, -0.2) is 39.2 Å². The van der Waals surface area contributed by atoms with Crippen LogP contribution in [0.25, 0.3) is 0 Å². The molecule has 0 fully saturated rings. The van der Waals surface area contributed by atoms with E-state index in [1.807, 2.05) is 13.8 Å². The third-order valence-electron chi connectivity index (χ3n) is 3.30. The zero-order valence-corrected chi connectivity index (χ0v) is 14.5. The highest BCUT2D eigenvalue weighted by atomic mass is 32.2. The molecule has 1 rings (SSSR count). The lowest BCUT2D eigenvalue weighted by molar-refractivity contribution is -0.125. The summed E-state index contributed by atoms with van der Waals surface area (Å²) in [5.41, 5.74) is 0.869. The van der Waals surface area contributed by atoms with Gasteiger partial charge in [0.1, 0.15) is 0 Å². The van der Waals surface area contributed by atoms with Crippen molar-refractivity contribution in [1.29, 1.82) is 0 Å². The minimum absolute atomic E-state index is 0.0801. The Balaban J connectivity index is 2.53. The van der Waals surface area contributed by atoms with Crippen LogP contribution in [0.1, 0.15) is 42.6 Å². The lowest BCUT2D eigenvalue weighted by atomic mass is 10.1. The fourth-order valence-electron chi connectivity index (χ4n) is 2.02. The molecule has 0 aromatic heterocycles. The van der Waals surface area contributed by atoms with Gasteiger partial charge >= 0.3 is 5.97 Å². The maximum absolute atomic E-state index is 11.9. The van der Waals surface area contributed by atoms with Gasteiger partial charge in [-0.05, 0) is 30.5 Å². The number of amides is 1. The van der Waals surface area contributed by atoms with Gasteiger partial charge in [-0.1, -0.05) is 26.0 Å². The number of rotatable bonds is 8. The summed E-state index contributed by atoms with van der Waals surface area (Å²) < 4.78 is 27.3. The van der Waals surface area contributed by atoms with E-state index in [1.54, 1.807) is 12.1 Å². The van der Waals surface area contributed by atoms with E-state index in [4.69, 9.17) is 4.74 Å². The van der Waals surface area contributed by atoms with Gasteiger partial charge in [-0.25, -0.2) is 13.2 Å². The average molecular weight is 341 g/mol. The SMILES string of the molecule is CCC(CC)NC(=O)COC(=O)c1ccc(CS(C)(=O)=O)cc1. The Bertz CT molecular complexity index is 633. The Kier molecular flexibility index (Phi) is 7.22. The van der Waals surface area contributed by atoms with Crippen molar-refractivity contribution in [2.24, 2.45) is 0 Å². The molecule has 7 heteroatoms. The van der Waals surface area contributed by atoms with E-state index >= 15 is 0 Å². The van der Waals surface area contributed by atoms with Crippen LogP contribution in [0.5, 0.6) is 0 Å². The van der Waals surface area contributed by atoms with Crippen molar-refractivity contribution in [3.05, 3.63) is 35.4 Å². The lowest BCUT2D eigenvalue weighted by Crippen LogP contribution is -2.36. The molecular formula is C16H23NO5S. The van der Waals surface area contributed by atoms with Gasteiger partial charge in [0.25, 0.3) is 5.91 Å². The second kappa shape index (κ2) is 8.67. The van der Waals surface area contributed by atoms with Crippen LogP contribution in [0.2, 0.25) is 0 Å². The number of hydrogen-bond acceptors (Lipinski definition) is 5. The highest BCUT2D eigenvalue weighted by Gasteiger charge is 2.13. The summed E-state index contributed by atoms with van der Waals surface area (Å²) in [5.74, 6) is -1.03. The molecule has 0 spiro atoms. The summed E-state index contributed by atoms with van der Waals surface area (Å²) in [4.78, 5) is 23.5. The first-order valence-electron chi connectivity index (χ1n) is 7.48. The van der Waals surface area contributed by atoms with E-state index in [2.05, 4.69) is 5.32 Å². The first-order chi connectivity index (χ1) is 10.7. The molecule has 1 N–H and O–H groups in total. The molecule has 23 heavy (non-hydrogen) atoms. The smallest absolute Gasteiger partial charge is 0.338 e. The molecule has 0 radical (unpaired) electrons. The molecule has 6 nitrogen and oxygen atoms in total. The Morgan fingerprint density at radius 1 is 1.13 bits per heavy atom. The number of carbonyl (C=O) groups is 2. The molecular weight excluding hydrogens is 318 g/mol. The van der Waals surface area contributed by atoms with Gasteiger partial charge in [-0.15, -0.1) is 0 Å². The van der Waals surface area contributed by atoms with Crippen molar-refractivity contribution in [1.82, 2.24) is 5.32 Å². The second-order valence-corrected chi connectivity index (χ2v) is 7.56. The van der Waals surface area contributed by atoms with Crippen molar-refractivity contribution in [3.63, 3.8) is 0 Å². The maximum Gasteiger partial charge on any atom is 0.338 e. The van der Waals surface area contributed by atoms with Gasteiger partial charge in [0.05, 0.1) is 11.3 Å². The van der Waals surface area contributed by atoms with Gasteiger partial charge < -0.3 is 10.1 Å². The number of nitrogens with one attached hydrogen (secondary N) is 1. The van der Waals surface area contributed by atoms with Gasteiger partial charge in [0, 0.05) is 12.3 Å². The van der Waals surface area contributed by atoms with Gasteiger partial charge in [0.2, 0.25) is 0 Å². The molecule has 0 heterocycles. The zero-order valence-electron chi connectivity index (χ0n) is 13.7. The van der Waals surface area contributed by atoms with Crippen LogP contribution in [0.15, 0.2) is 24.3 Å². The van der Waals surface area contributed by atoms with Crippen molar-refractivity contribution in [3.8, 4) is 0 Å². The molecule has 0 bridgehead atoms. The fraction of sp³-hybridized carbons (Fsp3) is 0.500. The number of carbonyl (C=O) groups excluding carboxylic acids is 2. The molecule has 0 unspecified atom stereocenters. The van der Waals surface area contributed by atoms with E-state index in [9.17, 15) is 18.0 Å². The van der Waals surface area contributed by atoms with Gasteiger partial charge in [-0.3, -0.25) is 4.79 Å². The van der Waals surface area contributed by atoms with E-state index in [0.29, 0.717) is 5.56 Å². The average Bonchev–Trinajstić information content (AvgIpc) is 2.49. The Hall–Kier alpha value is -1.89. The first kappa shape index (κ1) is 19.2. The van der Waals surface area contributed by atoms with Crippen LogP contribution in [0.3, 0.4) is 0 Å². The van der Waals surface area contributed by atoms with Crippen molar-refractivity contribution >= 4 is 21.7 Å². The minimum atomic E-state index is -3.12. The van der Waals surface area contributed by atoms with E-state index in [1.165, 1.54) is 12.1 Å². The molecule has 0 aliphatic rings. The van der Waals surface area contributed by atoms with Crippen LogP contribution in [-0.2, 0) is 25.1 Å². The molecule has 1 aromatic rings. The first-order valence-corrected chi connectivity index (χ1v) is 9.54. The number of esters is 1. The van der Waals surface area contributed by atoms with Gasteiger partial charge in [0.15, 0.2) is 16.4 Å². The predicted molar refractivity (Wildman–Crippen MR) is 87.8 cm³/mol. The normalized spacial score (nSPS) is 11.3. The van der Waals surface area contributed by atoms with E-state index < -0.39 is 15.8 Å². The molecule has 0 saturated heterocycles. The van der Waals surface area contributed by atoms with E-state index in [0.717, 1.165) is 19.1 Å². The molecule has 0 atom stereocenters. The Labute approximate surface area is 137 Å². The summed E-state index contributed by atoms with van der Waals surface area (Å²) >= 11 is 0. The maximum atomic E-state index is 11.9. The fourth-order valence-corrected chi connectivity index (χ4v) is 2.81. The predicted octanol–water partition coefficient (Wildman–Crippen LogP) is 1.69. The monoisotopic (exact) mass is 341 g/mol. The van der Waals surface area contributed by atoms with Crippen molar-refractivity contribution in [2.45, 2.75) is 38.5 Å². The van der Waals surface area contributed by atoms with E-state index in [-0.39, 0.29) is 29.9 Å². The molecule has 0 aliphatic heterocycles. The summed E-state index contributed by atoms with van der Waals surface area (Å²) in [5, 5.41) is 2.78. The summed E-state index contributed by atoms with van der Waals surface area (Å²) in [6.07, 6.45) is 2.78. The molecule has 1 aromatic carbocycles. The zero-order chi connectivity index (χ0) is 17.5. The molecule has 128 valence electrons. The number of sulfone groups is 1.